The van der Waals surface area contributed by atoms with Crippen molar-refractivity contribution in [3.63, 3.8) is 0 Å². The van der Waals surface area contributed by atoms with Gasteiger partial charge >= 0.3 is 0 Å². The van der Waals surface area contributed by atoms with E-state index < -0.39 is 6.10 Å². The molecule has 0 radical (unpaired) electrons. The monoisotopic (exact) mass is 346 g/mol. The fourth-order valence-electron chi connectivity index (χ4n) is 2.43. The molecule has 0 fully saturated rings. The molecular formula is C17H18N2O2S2. The molecule has 3 heterocycles. The predicted octanol–water partition coefficient (Wildman–Crippen LogP) is 3.44. The minimum absolute atomic E-state index is 0.0108. The van der Waals surface area contributed by atoms with Crippen molar-refractivity contribution in [3.05, 3.63) is 69.3 Å². The fraction of sp³-hybridized carbons (Fsp3) is 0.235. The Bertz CT molecular complexity index is 672. The van der Waals surface area contributed by atoms with E-state index in [0.29, 0.717) is 6.42 Å². The van der Waals surface area contributed by atoms with Crippen molar-refractivity contribution in [2.75, 3.05) is 6.54 Å². The molecule has 4 nitrogen and oxygen atoms in total. The summed E-state index contributed by atoms with van der Waals surface area (Å²) in [4.78, 5) is 13.4. The zero-order valence-corrected chi connectivity index (χ0v) is 14.1. The molecular weight excluding hydrogens is 328 g/mol. The molecule has 120 valence electrons. The Kier molecular flexibility index (Phi) is 5.27. The third kappa shape index (κ3) is 4.10. The van der Waals surface area contributed by atoms with E-state index in [1.807, 2.05) is 63.4 Å². The third-order valence-electron chi connectivity index (χ3n) is 3.66. The Balaban J connectivity index is 1.60. The number of aliphatic hydroxyl groups is 1. The Morgan fingerprint density at radius 3 is 2.70 bits per heavy atom. The van der Waals surface area contributed by atoms with Gasteiger partial charge in [-0.15, -0.1) is 11.3 Å². The Labute approximate surface area is 143 Å². The van der Waals surface area contributed by atoms with Crippen LogP contribution in [0.3, 0.4) is 0 Å². The van der Waals surface area contributed by atoms with Gasteiger partial charge in [0.1, 0.15) is 0 Å². The number of rotatable bonds is 7. The quantitative estimate of drug-likeness (QED) is 0.688. The van der Waals surface area contributed by atoms with Crippen LogP contribution in [0.15, 0.2) is 58.9 Å². The summed E-state index contributed by atoms with van der Waals surface area (Å²) in [5.74, 6) is -0.0635. The summed E-state index contributed by atoms with van der Waals surface area (Å²) in [5.41, 5.74) is 0.843. The van der Waals surface area contributed by atoms with Crippen LogP contribution in [-0.4, -0.2) is 22.1 Å². The van der Waals surface area contributed by atoms with Gasteiger partial charge in [-0.1, -0.05) is 6.07 Å². The SMILES string of the molecule is O=C(C[C@@H](c1cccs1)n1cccc1)NC[C@H](O)c1ccsc1. The molecule has 23 heavy (non-hydrogen) atoms. The van der Waals surface area contributed by atoms with E-state index in [1.54, 1.807) is 11.3 Å². The number of aliphatic hydroxyl groups excluding tert-OH is 1. The fourth-order valence-corrected chi connectivity index (χ4v) is 3.97. The van der Waals surface area contributed by atoms with Gasteiger partial charge < -0.3 is 15.0 Å². The summed E-state index contributed by atoms with van der Waals surface area (Å²) in [6.45, 7) is 0.235. The number of thiophene rings is 2. The van der Waals surface area contributed by atoms with Gasteiger partial charge in [-0.3, -0.25) is 4.79 Å². The second-order valence-electron chi connectivity index (χ2n) is 5.24. The van der Waals surface area contributed by atoms with E-state index in [-0.39, 0.29) is 18.5 Å². The van der Waals surface area contributed by atoms with Crippen molar-refractivity contribution in [3.8, 4) is 0 Å². The lowest BCUT2D eigenvalue weighted by Gasteiger charge is -2.18. The average molecular weight is 346 g/mol. The van der Waals surface area contributed by atoms with Crippen molar-refractivity contribution in [2.24, 2.45) is 0 Å². The smallest absolute Gasteiger partial charge is 0.222 e. The van der Waals surface area contributed by atoms with Crippen molar-refractivity contribution in [2.45, 2.75) is 18.6 Å². The van der Waals surface area contributed by atoms with Gasteiger partial charge in [0, 0.05) is 23.8 Å². The molecule has 1 amide bonds. The summed E-state index contributed by atoms with van der Waals surface area (Å²) in [6, 6.07) is 9.81. The van der Waals surface area contributed by atoms with Crippen molar-refractivity contribution in [1.29, 1.82) is 0 Å². The molecule has 0 bridgehead atoms. The number of hydrogen-bond donors (Lipinski definition) is 2. The summed E-state index contributed by atoms with van der Waals surface area (Å²) < 4.78 is 2.04. The van der Waals surface area contributed by atoms with Crippen LogP contribution in [0.2, 0.25) is 0 Å². The molecule has 0 aliphatic carbocycles. The Hall–Kier alpha value is -1.89. The van der Waals surface area contributed by atoms with Gasteiger partial charge in [-0.25, -0.2) is 0 Å². The van der Waals surface area contributed by atoms with Gasteiger partial charge in [0.2, 0.25) is 5.91 Å². The van der Waals surface area contributed by atoms with Gasteiger partial charge in [-0.2, -0.15) is 11.3 Å². The maximum Gasteiger partial charge on any atom is 0.222 e. The van der Waals surface area contributed by atoms with Crippen LogP contribution >= 0.6 is 22.7 Å². The van der Waals surface area contributed by atoms with Crippen LogP contribution in [0.25, 0.3) is 0 Å². The maximum atomic E-state index is 12.3. The largest absolute Gasteiger partial charge is 0.387 e. The van der Waals surface area contributed by atoms with Crippen LogP contribution in [0.1, 0.15) is 29.0 Å². The molecule has 0 aliphatic heterocycles. The molecule has 0 spiro atoms. The first-order valence-electron chi connectivity index (χ1n) is 7.37. The lowest BCUT2D eigenvalue weighted by molar-refractivity contribution is -0.122. The van der Waals surface area contributed by atoms with Crippen LogP contribution in [-0.2, 0) is 4.79 Å². The van der Waals surface area contributed by atoms with Gasteiger partial charge in [0.15, 0.2) is 0 Å². The van der Waals surface area contributed by atoms with Crippen molar-refractivity contribution >= 4 is 28.6 Å². The molecule has 0 saturated heterocycles. The van der Waals surface area contributed by atoms with Crippen LogP contribution in [0.4, 0.5) is 0 Å². The van der Waals surface area contributed by atoms with E-state index in [0.717, 1.165) is 10.4 Å². The van der Waals surface area contributed by atoms with E-state index in [1.165, 1.54) is 11.3 Å². The van der Waals surface area contributed by atoms with Crippen molar-refractivity contribution in [1.82, 2.24) is 9.88 Å². The van der Waals surface area contributed by atoms with Gasteiger partial charge in [0.25, 0.3) is 0 Å². The number of carbonyl (C=O) groups is 1. The summed E-state index contributed by atoms with van der Waals surface area (Å²) in [5, 5.41) is 18.7. The zero-order chi connectivity index (χ0) is 16.1. The number of nitrogens with zero attached hydrogens (tertiary/aromatic N) is 1. The van der Waals surface area contributed by atoms with E-state index in [9.17, 15) is 9.90 Å². The van der Waals surface area contributed by atoms with Crippen molar-refractivity contribution < 1.29 is 9.90 Å². The second-order valence-corrected chi connectivity index (χ2v) is 7.00. The molecule has 0 unspecified atom stereocenters. The molecule has 3 rings (SSSR count). The minimum Gasteiger partial charge on any atom is -0.387 e. The normalized spacial score (nSPS) is 13.6. The molecule has 2 N–H and O–H groups in total. The summed E-state index contributed by atoms with van der Waals surface area (Å²) in [6.07, 6.45) is 3.64. The lowest BCUT2D eigenvalue weighted by atomic mass is 10.1. The first-order chi connectivity index (χ1) is 11.2. The predicted molar refractivity (Wildman–Crippen MR) is 93.8 cm³/mol. The Morgan fingerprint density at radius 2 is 2.04 bits per heavy atom. The highest BCUT2D eigenvalue weighted by Gasteiger charge is 2.19. The number of carbonyl (C=O) groups excluding carboxylic acids is 1. The molecule has 3 aromatic rings. The number of hydrogen-bond acceptors (Lipinski definition) is 4. The van der Waals surface area contributed by atoms with Crippen LogP contribution in [0, 0.1) is 0 Å². The van der Waals surface area contributed by atoms with E-state index in [2.05, 4.69) is 5.32 Å². The standard InChI is InChI=1S/C17H18N2O2S2/c20-15(13-5-9-22-12-13)11-18-17(21)10-14(16-4-3-8-23-16)19-6-1-2-7-19/h1-9,12,14-15,20H,10-11H2,(H,18,21)/t14-,15-/m0/s1. The first kappa shape index (κ1) is 16.0. The third-order valence-corrected chi connectivity index (χ3v) is 5.33. The van der Waals surface area contributed by atoms with Gasteiger partial charge in [0.05, 0.1) is 18.6 Å². The molecule has 0 aromatic carbocycles. The van der Waals surface area contributed by atoms with E-state index >= 15 is 0 Å². The molecule has 0 saturated carbocycles. The molecule has 6 heteroatoms. The van der Waals surface area contributed by atoms with Crippen LogP contribution < -0.4 is 5.32 Å². The number of amides is 1. The Morgan fingerprint density at radius 1 is 1.22 bits per heavy atom. The summed E-state index contributed by atoms with van der Waals surface area (Å²) in [7, 11) is 0. The first-order valence-corrected chi connectivity index (χ1v) is 9.19. The highest BCUT2D eigenvalue weighted by atomic mass is 32.1. The second kappa shape index (κ2) is 7.59. The number of nitrogens with one attached hydrogen (secondary N) is 1. The molecule has 0 aliphatic rings. The average Bonchev–Trinajstić information content (AvgIpc) is 3.33. The number of aromatic nitrogens is 1. The van der Waals surface area contributed by atoms with Gasteiger partial charge in [-0.05, 0) is 46.0 Å². The highest BCUT2D eigenvalue weighted by Crippen LogP contribution is 2.26. The minimum atomic E-state index is -0.656. The van der Waals surface area contributed by atoms with E-state index in [4.69, 9.17) is 0 Å². The topological polar surface area (TPSA) is 54.3 Å². The summed E-state index contributed by atoms with van der Waals surface area (Å²) >= 11 is 3.18. The maximum absolute atomic E-state index is 12.3. The highest BCUT2D eigenvalue weighted by molar-refractivity contribution is 7.10. The molecule has 3 aromatic heterocycles. The lowest BCUT2D eigenvalue weighted by Crippen LogP contribution is -2.30. The zero-order valence-electron chi connectivity index (χ0n) is 12.5. The van der Waals surface area contributed by atoms with Crippen LogP contribution in [0.5, 0.6) is 0 Å². The molecule has 2 atom stereocenters.